The van der Waals surface area contributed by atoms with Gasteiger partial charge in [0.1, 0.15) is 17.4 Å². The number of fused-ring (bicyclic) bond motifs is 5. The molecule has 0 bridgehead atoms. The highest BCUT2D eigenvalue weighted by Gasteiger charge is 2.63. The van der Waals surface area contributed by atoms with Gasteiger partial charge in [0.2, 0.25) is 0 Å². The highest BCUT2D eigenvalue weighted by atomic mass is 16.6. The monoisotopic (exact) mass is 562 g/mol. The van der Waals surface area contributed by atoms with E-state index in [2.05, 4.69) is 36.3 Å². The number of oxime groups is 1. The normalized spacial score (nSPS) is 35.6. The van der Waals surface area contributed by atoms with Crippen molar-refractivity contribution >= 4 is 17.6 Å². The number of nitrogens with one attached hydrogen (secondary N) is 1. The molecule has 1 aromatic rings. The molecular formula is C33H42N2O6. The summed E-state index contributed by atoms with van der Waals surface area (Å²) in [7, 11) is 1.27. The molecule has 41 heavy (non-hydrogen) atoms. The molecule has 220 valence electrons. The first-order valence-corrected chi connectivity index (χ1v) is 14.8. The van der Waals surface area contributed by atoms with Crippen LogP contribution < -0.4 is 5.32 Å². The Morgan fingerprint density at radius 1 is 1.12 bits per heavy atom. The molecule has 0 saturated heterocycles. The maximum atomic E-state index is 12.6. The largest absolute Gasteiger partial charge is 0.508 e. The number of hydrogen-bond donors (Lipinski definition) is 3. The Hall–Kier alpha value is -3.31. The number of aromatic hydroxyl groups is 1. The van der Waals surface area contributed by atoms with Crippen molar-refractivity contribution in [1.82, 2.24) is 5.32 Å². The van der Waals surface area contributed by atoms with Crippen molar-refractivity contribution in [3.05, 3.63) is 41.5 Å². The van der Waals surface area contributed by atoms with Crippen molar-refractivity contribution in [2.75, 3.05) is 13.7 Å². The Morgan fingerprint density at radius 2 is 1.85 bits per heavy atom. The Bertz CT molecular complexity index is 1280. The lowest BCUT2D eigenvalue weighted by Gasteiger charge is -2.58. The summed E-state index contributed by atoms with van der Waals surface area (Å²) >= 11 is 0. The van der Waals surface area contributed by atoms with Gasteiger partial charge in [-0.2, -0.15) is 0 Å². The molecule has 5 rings (SSSR count). The number of phenolic OH excluding ortho intramolecular Hbond substituents is 1. The molecule has 8 nitrogen and oxygen atoms in total. The van der Waals surface area contributed by atoms with Crippen LogP contribution in [0.2, 0.25) is 0 Å². The van der Waals surface area contributed by atoms with Crippen LogP contribution in [0.4, 0.5) is 0 Å². The van der Waals surface area contributed by atoms with E-state index in [1.165, 1.54) is 24.8 Å². The fourth-order valence-corrected chi connectivity index (χ4v) is 8.51. The summed E-state index contributed by atoms with van der Waals surface area (Å²) in [6.45, 7) is 4.30. The predicted octanol–water partition coefficient (Wildman–Crippen LogP) is 4.29. The van der Waals surface area contributed by atoms with Crippen LogP contribution >= 0.6 is 0 Å². The van der Waals surface area contributed by atoms with Crippen molar-refractivity contribution < 1.29 is 29.4 Å². The van der Waals surface area contributed by atoms with Gasteiger partial charge in [0.25, 0.3) is 5.91 Å². The second-order valence-corrected chi connectivity index (χ2v) is 12.9. The minimum Gasteiger partial charge on any atom is -0.508 e. The van der Waals surface area contributed by atoms with Crippen LogP contribution in [0.5, 0.6) is 5.75 Å². The first-order chi connectivity index (χ1) is 19.5. The highest BCUT2D eigenvalue weighted by Crippen LogP contribution is 2.67. The van der Waals surface area contributed by atoms with E-state index in [0.717, 1.165) is 56.2 Å². The number of hydrogen-bond acceptors (Lipinski definition) is 7. The Balaban J connectivity index is 1.20. The summed E-state index contributed by atoms with van der Waals surface area (Å²) in [5, 5.41) is 27.7. The summed E-state index contributed by atoms with van der Waals surface area (Å²) in [6, 6.07) is 5.55. The summed E-state index contributed by atoms with van der Waals surface area (Å²) in [4.78, 5) is 30.3. The van der Waals surface area contributed by atoms with E-state index in [0.29, 0.717) is 24.2 Å². The van der Waals surface area contributed by atoms with Gasteiger partial charge in [0.15, 0.2) is 6.61 Å². The third kappa shape index (κ3) is 5.25. The van der Waals surface area contributed by atoms with E-state index < -0.39 is 23.5 Å². The molecule has 0 aromatic heterocycles. The van der Waals surface area contributed by atoms with E-state index in [1.807, 2.05) is 0 Å². The SMILES string of the molecule is C#C[C@@]1(O)CC[C@@H]2[C@@H]3CCC4=C/C(=N/OCC(=O)N[C@H](Cc5ccc(O)cc5)C(=O)OC)CC[C@]4(C)[C@H]3CC[C@@]21C. The smallest absolute Gasteiger partial charge is 0.328 e. The van der Waals surface area contributed by atoms with Gasteiger partial charge in [-0.3, -0.25) is 4.79 Å². The molecule has 7 atom stereocenters. The molecule has 0 radical (unpaired) electrons. The third-order valence-corrected chi connectivity index (χ3v) is 10.9. The molecule has 0 spiro atoms. The Kier molecular flexibility index (Phi) is 7.95. The number of allylic oxidation sites excluding steroid dienone is 2. The van der Waals surface area contributed by atoms with E-state index in [9.17, 15) is 19.8 Å². The van der Waals surface area contributed by atoms with Crippen molar-refractivity contribution in [3.63, 3.8) is 0 Å². The molecule has 1 aromatic carbocycles. The van der Waals surface area contributed by atoms with Crippen LogP contribution in [0.25, 0.3) is 0 Å². The van der Waals surface area contributed by atoms with E-state index in [-0.39, 0.29) is 29.6 Å². The number of methoxy groups -OCH3 is 1. The van der Waals surface area contributed by atoms with Crippen LogP contribution in [0, 0.1) is 40.9 Å². The maximum Gasteiger partial charge on any atom is 0.328 e. The third-order valence-electron chi connectivity index (χ3n) is 10.9. The molecule has 0 heterocycles. The average molecular weight is 563 g/mol. The van der Waals surface area contributed by atoms with Gasteiger partial charge in [0.05, 0.1) is 12.8 Å². The lowest BCUT2D eigenvalue weighted by molar-refractivity contribution is -0.145. The fraction of sp³-hybridized carbons (Fsp3) is 0.606. The van der Waals surface area contributed by atoms with E-state index >= 15 is 0 Å². The number of nitrogens with zero attached hydrogens (tertiary/aromatic N) is 1. The second-order valence-electron chi connectivity index (χ2n) is 12.9. The topological polar surface area (TPSA) is 117 Å². The van der Waals surface area contributed by atoms with Crippen molar-refractivity contribution in [3.8, 4) is 18.1 Å². The molecular weight excluding hydrogens is 520 g/mol. The van der Waals surface area contributed by atoms with Crippen LogP contribution in [-0.4, -0.2) is 53.2 Å². The summed E-state index contributed by atoms with van der Waals surface area (Å²) in [5.74, 6) is 3.45. The van der Waals surface area contributed by atoms with E-state index in [4.69, 9.17) is 16.0 Å². The summed E-state index contributed by atoms with van der Waals surface area (Å²) in [5.41, 5.74) is 1.92. The van der Waals surface area contributed by atoms with Crippen molar-refractivity contribution in [2.45, 2.75) is 83.3 Å². The van der Waals surface area contributed by atoms with Gasteiger partial charge < -0.3 is 25.1 Å². The average Bonchev–Trinajstić information content (AvgIpc) is 3.24. The zero-order chi connectivity index (χ0) is 29.4. The van der Waals surface area contributed by atoms with Gasteiger partial charge in [-0.1, -0.05) is 42.6 Å². The molecule has 0 unspecified atom stereocenters. The number of amides is 1. The first-order valence-electron chi connectivity index (χ1n) is 14.8. The quantitative estimate of drug-likeness (QED) is 0.259. The minimum absolute atomic E-state index is 0.0967. The minimum atomic E-state index is -0.988. The van der Waals surface area contributed by atoms with Crippen molar-refractivity contribution in [2.24, 2.45) is 33.7 Å². The number of esters is 1. The van der Waals surface area contributed by atoms with Gasteiger partial charge in [-0.15, -0.1) is 6.42 Å². The fourth-order valence-electron chi connectivity index (χ4n) is 8.51. The van der Waals surface area contributed by atoms with Crippen LogP contribution in [0.15, 0.2) is 41.1 Å². The Morgan fingerprint density at radius 3 is 2.56 bits per heavy atom. The zero-order valence-electron chi connectivity index (χ0n) is 24.3. The highest BCUT2D eigenvalue weighted by molar-refractivity contribution is 5.96. The predicted molar refractivity (Wildman–Crippen MR) is 155 cm³/mol. The van der Waals surface area contributed by atoms with Gasteiger partial charge in [-0.25, -0.2) is 4.79 Å². The lowest BCUT2D eigenvalue weighted by Crippen LogP contribution is -2.54. The standard InChI is InChI=1S/C33H42N2O6/c1-5-33(39)17-14-27-25-11-8-22-19-23(12-15-31(22,2)26(25)13-16-32(27,33)3)35-41-20-29(37)34-28(30(38)40-4)18-21-6-9-24(36)10-7-21/h1,6-7,9-10,19,25-28,36,39H,8,11-18,20H2,2-4H3,(H,34,37)/b35-23+/t25-,26+,27-,28-,31+,32+,33-/m1/s1. The molecule has 3 fully saturated rings. The molecule has 4 aliphatic rings. The second kappa shape index (κ2) is 11.2. The Labute approximate surface area is 242 Å². The van der Waals surface area contributed by atoms with Crippen LogP contribution in [0.3, 0.4) is 0 Å². The van der Waals surface area contributed by atoms with E-state index in [1.54, 1.807) is 12.1 Å². The number of aliphatic hydroxyl groups is 1. The summed E-state index contributed by atoms with van der Waals surface area (Å²) < 4.78 is 4.85. The molecule has 4 aliphatic carbocycles. The maximum absolute atomic E-state index is 12.6. The van der Waals surface area contributed by atoms with Crippen LogP contribution in [0.1, 0.15) is 70.8 Å². The van der Waals surface area contributed by atoms with Crippen molar-refractivity contribution in [1.29, 1.82) is 0 Å². The number of carbonyl (C=O) groups excluding carboxylic acids is 2. The van der Waals surface area contributed by atoms with Gasteiger partial charge in [-0.05, 0) is 98.3 Å². The molecule has 3 N–H and O–H groups in total. The number of benzene rings is 1. The summed E-state index contributed by atoms with van der Waals surface area (Å²) in [6.07, 6.45) is 15.8. The number of carbonyl (C=O) groups is 2. The lowest BCUT2D eigenvalue weighted by atomic mass is 9.46. The van der Waals surface area contributed by atoms with Gasteiger partial charge in [0, 0.05) is 11.8 Å². The number of rotatable bonds is 7. The molecule has 0 aliphatic heterocycles. The number of phenols is 1. The number of terminal acetylenes is 1. The molecule has 3 saturated carbocycles. The first kappa shape index (κ1) is 29.2. The number of ether oxygens (including phenoxy) is 1. The molecule has 8 heteroatoms. The zero-order valence-corrected chi connectivity index (χ0v) is 24.3. The van der Waals surface area contributed by atoms with Crippen LogP contribution in [-0.2, 0) is 25.6 Å². The van der Waals surface area contributed by atoms with Gasteiger partial charge >= 0.3 is 5.97 Å². The molecule has 1 amide bonds.